The van der Waals surface area contributed by atoms with Crippen LogP contribution < -0.4 is 5.32 Å². The number of carbonyl (C=O) groups excluding carboxylic acids is 1. The highest BCUT2D eigenvalue weighted by Crippen LogP contribution is 2.68. The van der Waals surface area contributed by atoms with Crippen LogP contribution in [0.15, 0.2) is 30.6 Å². The summed E-state index contributed by atoms with van der Waals surface area (Å²) in [5, 5.41) is 15.8. The predicted octanol–water partition coefficient (Wildman–Crippen LogP) is 2.76. The molecule has 0 saturated heterocycles. The van der Waals surface area contributed by atoms with E-state index in [-0.39, 0.29) is 22.7 Å². The Labute approximate surface area is 135 Å². The second kappa shape index (κ2) is 4.92. The molecule has 0 aliphatic heterocycles. The van der Waals surface area contributed by atoms with Gasteiger partial charge in [-0.05, 0) is 29.0 Å². The molecule has 0 unspecified atom stereocenters. The van der Waals surface area contributed by atoms with Gasteiger partial charge in [-0.15, -0.1) is 0 Å². The first kappa shape index (κ1) is 15.2. The van der Waals surface area contributed by atoms with Crippen molar-refractivity contribution in [3.8, 4) is 11.8 Å². The van der Waals surface area contributed by atoms with Crippen LogP contribution in [0.5, 0.6) is 0 Å². The maximum Gasteiger partial charge on any atom is 0.229 e. The molecule has 118 valence electrons. The fourth-order valence-corrected chi connectivity index (χ4v) is 3.17. The van der Waals surface area contributed by atoms with Crippen molar-refractivity contribution < 1.29 is 4.79 Å². The summed E-state index contributed by atoms with van der Waals surface area (Å²) in [5.74, 6) is 0.511. The average Bonchev–Trinajstić information content (AvgIpc) is 2.85. The van der Waals surface area contributed by atoms with Crippen molar-refractivity contribution in [2.45, 2.75) is 27.7 Å². The maximum atomic E-state index is 12.4. The number of rotatable bonds is 3. The van der Waals surface area contributed by atoms with E-state index in [9.17, 15) is 4.79 Å². The fourth-order valence-electron chi connectivity index (χ4n) is 3.17. The first-order valence-corrected chi connectivity index (χ1v) is 7.50. The van der Waals surface area contributed by atoms with Gasteiger partial charge in [0.15, 0.2) is 5.69 Å². The number of aromatic nitrogens is 3. The van der Waals surface area contributed by atoms with E-state index >= 15 is 0 Å². The Kier molecular flexibility index (Phi) is 3.25. The third-order valence-corrected chi connectivity index (χ3v) is 5.25. The molecule has 1 amide bonds. The van der Waals surface area contributed by atoms with Crippen LogP contribution in [0.3, 0.4) is 0 Å². The molecule has 1 fully saturated rings. The van der Waals surface area contributed by atoms with Gasteiger partial charge in [0.25, 0.3) is 0 Å². The van der Waals surface area contributed by atoms with E-state index in [1.807, 2.05) is 6.07 Å². The van der Waals surface area contributed by atoms with E-state index in [0.29, 0.717) is 11.5 Å². The molecular formula is C17H19N5O. The summed E-state index contributed by atoms with van der Waals surface area (Å²) in [6.07, 6.45) is 3.32. The molecule has 2 heterocycles. The molecule has 0 radical (unpaired) electrons. The van der Waals surface area contributed by atoms with Crippen molar-refractivity contribution in [2.24, 2.45) is 16.7 Å². The molecule has 6 nitrogen and oxygen atoms in total. The molecule has 1 saturated carbocycles. The quantitative estimate of drug-likeness (QED) is 0.945. The minimum atomic E-state index is -0.0132. The Morgan fingerprint density at radius 3 is 2.43 bits per heavy atom. The van der Waals surface area contributed by atoms with Gasteiger partial charge in [-0.2, -0.15) is 10.4 Å². The van der Waals surface area contributed by atoms with Crippen LogP contribution in [-0.2, 0) is 4.79 Å². The molecule has 2 aromatic rings. The molecule has 2 aromatic heterocycles. The molecule has 0 aromatic carbocycles. The summed E-state index contributed by atoms with van der Waals surface area (Å²) >= 11 is 0. The fraction of sp³-hybridized carbons (Fsp3) is 0.412. The van der Waals surface area contributed by atoms with Gasteiger partial charge in [-0.3, -0.25) is 4.79 Å². The summed E-state index contributed by atoms with van der Waals surface area (Å²) in [6, 6.07) is 7.16. The molecule has 23 heavy (non-hydrogen) atoms. The highest BCUT2D eigenvalue weighted by Gasteiger charge is 2.68. The number of hydrogen-bond acceptors (Lipinski definition) is 4. The minimum absolute atomic E-state index is 0.000218. The van der Waals surface area contributed by atoms with E-state index in [2.05, 4.69) is 43.1 Å². The smallest absolute Gasteiger partial charge is 0.229 e. The number of carbonyl (C=O) groups is 1. The van der Waals surface area contributed by atoms with Crippen molar-refractivity contribution in [3.05, 3.63) is 36.3 Å². The average molecular weight is 309 g/mol. The molecule has 1 aliphatic carbocycles. The van der Waals surface area contributed by atoms with E-state index in [1.165, 1.54) is 0 Å². The summed E-state index contributed by atoms with van der Waals surface area (Å²) in [5.41, 5.74) is 1.08. The van der Waals surface area contributed by atoms with Gasteiger partial charge in [0, 0.05) is 12.1 Å². The Balaban J connectivity index is 1.71. The van der Waals surface area contributed by atoms with Gasteiger partial charge in [0.05, 0.1) is 11.9 Å². The molecule has 0 bridgehead atoms. The summed E-state index contributed by atoms with van der Waals surface area (Å²) < 4.78 is 1.57. The van der Waals surface area contributed by atoms with Gasteiger partial charge >= 0.3 is 0 Å². The molecule has 1 N–H and O–H groups in total. The summed E-state index contributed by atoms with van der Waals surface area (Å²) in [7, 11) is 0. The van der Waals surface area contributed by atoms with Crippen LogP contribution in [0.4, 0.5) is 5.82 Å². The van der Waals surface area contributed by atoms with E-state index in [4.69, 9.17) is 5.26 Å². The Hall–Kier alpha value is -2.68. The van der Waals surface area contributed by atoms with Gasteiger partial charge in [0.2, 0.25) is 5.91 Å². The van der Waals surface area contributed by atoms with Crippen molar-refractivity contribution in [3.63, 3.8) is 0 Å². The molecule has 1 aliphatic rings. The van der Waals surface area contributed by atoms with E-state index in [0.717, 1.165) is 5.69 Å². The molecular weight excluding hydrogens is 290 g/mol. The number of hydrogen-bond donors (Lipinski definition) is 1. The molecule has 0 atom stereocenters. The lowest BCUT2D eigenvalue weighted by atomic mass is 10.0. The zero-order chi connectivity index (χ0) is 16.8. The number of anilines is 1. The lowest BCUT2D eigenvalue weighted by Gasteiger charge is -2.07. The zero-order valence-corrected chi connectivity index (χ0v) is 13.7. The van der Waals surface area contributed by atoms with E-state index < -0.39 is 0 Å². The molecule has 0 spiro atoms. The lowest BCUT2D eigenvalue weighted by Crippen LogP contribution is -2.18. The number of amides is 1. The van der Waals surface area contributed by atoms with Crippen molar-refractivity contribution in [2.75, 3.05) is 5.32 Å². The first-order valence-electron chi connectivity index (χ1n) is 7.50. The van der Waals surface area contributed by atoms with Gasteiger partial charge < -0.3 is 5.32 Å². The maximum absolute atomic E-state index is 12.4. The zero-order valence-electron chi connectivity index (χ0n) is 13.7. The van der Waals surface area contributed by atoms with Crippen LogP contribution >= 0.6 is 0 Å². The van der Waals surface area contributed by atoms with Crippen molar-refractivity contribution in [1.82, 2.24) is 14.8 Å². The van der Waals surface area contributed by atoms with Gasteiger partial charge in [0.1, 0.15) is 11.9 Å². The third kappa shape index (κ3) is 2.38. The Bertz CT molecular complexity index is 781. The second-order valence-corrected chi connectivity index (χ2v) is 7.02. The predicted molar refractivity (Wildman–Crippen MR) is 85.8 cm³/mol. The monoisotopic (exact) mass is 309 g/mol. The van der Waals surface area contributed by atoms with Crippen LogP contribution in [-0.4, -0.2) is 20.7 Å². The first-order chi connectivity index (χ1) is 10.8. The van der Waals surface area contributed by atoms with Crippen LogP contribution in [0.25, 0.3) is 5.69 Å². The van der Waals surface area contributed by atoms with Gasteiger partial charge in [-0.25, -0.2) is 9.67 Å². The van der Waals surface area contributed by atoms with Crippen LogP contribution in [0.1, 0.15) is 33.4 Å². The summed E-state index contributed by atoms with van der Waals surface area (Å²) in [4.78, 5) is 16.7. The lowest BCUT2D eigenvalue weighted by molar-refractivity contribution is -0.118. The van der Waals surface area contributed by atoms with Crippen LogP contribution in [0, 0.1) is 28.1 Å². The number of nitriles is 1. The highest BCUT2D eigenvalue weighted by atomic mass is 16.2. The summed E-state index contributed by atoms with van der Waals surface area (Å²) in [6.45, 7) is 8.44. The standard InChI is InChI=1S/C17H19N5O/c1-16(2)14(17(16,3)4)15(23)20-13-6-5-12(10-19-13)22-8-7-11(9-18)21-22/h5-8,10,14H,1-4H3,(H,19,20,23). The Morgan fingerprint density at radius 1 is 1.26 bits per heavy atom. The molecule has 3 rings (SSSR count). The number of nitrogens with one attached hydrogen (secondary N) is 1. The molecule has 6 heteroatoms. The van der Waals surface area contributed by atoms with E-state index in [1.54, 1.807) is 35.3 Å². The van der Waals surface area contributed by atoms with Crippen LogP contribution in [0.2, 0.25) is 0 Å². The normalized spacial score (nSPS) is 18.2. The Morgan fingerprint density at radius 2 is 1.96 bits per heavy atom. The number of pyridine rings is 1. The highest BCUT2D eigenvalue weighted by molar-refractivity contribution is 5.95. The minimum Gasteiger partial charge on any atom is -0.310 e. The second-order valence-electron chi connectivity index (χ2n) is 7.02. The van der Waals surface area contributed by atoms with Crippen molar-refractivity contribution >= 4 is 11.7 Å². The topological polar surface area (TPSA) is 83.6 Å². The number of nitrogens with zero attached hydrogens (tertiary/aromatic N) is 4. The van der Waals surface area contributed by atoms with Gasteiger partial charge in [-0.1, -0.05) is 27.7 Å². The third-order valence-electron chi connectivity index (χ3n) is 5.25. The van der Waals surface area contributed by atoms with Crippen molar-refractivity contribution in [1.29, 1.82) is 5.26 Å². The SMILES string of the molecule is CC1(C)C(C(=O)Nc2ccc(-n3ccc(C#N)n3)cn2)C1(C)C. The largest absolute Gasteiger partial charge is 0.310 e.